The maximum atomic E-state index is 12.7. The largest absolute Gasteiger partial charge is 0.340 e. The third-order valence-electron chi connectivity index (χ3n) is 5.29. The summed E-state index contributed by atoms with van der Waals surface area (Å²) in [4.78, 5) is 34.9. The molecule has 1 saturated carbocycles. The number of hydrogen-bond acceptors (Lipinski definition) is 5. The number of amides is 2. The lowest BCUT2D eigenvalue weighted by molar-refractivity contribution is -0.137. The summed E-state index contributed by atoms with van der Waals surface area (Å²) in [6.45, 7) is 5.65. The SMILES string of the molecule is O=C(C1CC(=O)N(C2CC2)C1)N1CCN(CCn2cncn2)CC1. The maximum absolute atomic E-state index is 12.7. The van der Waals surface area contributed by atoms with Gasteiger partial charge in [-0.2, -0.15) is 5.10 Å². The minimum absolute atomic E-state index is 0.125. The van der Waals surface area contributed by atoms with Gasteiger partial charge in [-0.05, 0) is 12.8 Å². The quantitative estimate of drug-likeness (QED) is 0.722. The fourth-order valence-electron chi connectivity index (χ4n) is 3.68. The molecule has 0 aromatic carbocycles. The Balaban J connectivity index is 1.23. The van der Waals surface area contributed by atoms with Gasteiger partial charge in [-0.15, -0.1) is 0 Å². The van der Waals surface area contributed by atoms with Crippen LogP contribution in [0.3, 0.4) is 0 Å². The molecule has 1 unspecified atom stereocenters. The molecule has 1 atom stereocenters. The Labute approximate surface area is 141 Å². The minimum Gasteiger partial charge on any atom is -0.340 e. The van der Waals surface area contributed by atoms with E-state index >= 15 is 0 Å². The second-order valence-electron chi connectivity index (χ2n) is 7.00. The normalized spacial score (nSPS) is 25.5. The molecular weight excluding hydrogens is 308 g/mol. The molecule has 2 amide bonds. The van der Waals surface area contributed by atoms with Crippen LogP contribution in [0.4, 0.5) is 0 Å². The summed E-state index contributed by atoms with van der Waals surface area (Å²) in [6, 6.07) is 0.420. The first-order valence-corrected chi connectivity index (χ1v) is 8.84. The van der Waals surface area contributed by atoms with Crippen LogP contribution in [0.2, 0.25) is 0 Å². The summed E-state index contributed by atoms with van der Waals surface area (Å²) >= 11 is 0. The van der Waals surface area contributed by atoms with Gasteiger partial charge >= 0.3 is 0 Å². The zero-order valence-corrected chi connectivity index (χ0v) is 13.9. The predicted molar refractivity (Wildman–Crippen MR) is 85.9 cm³/mol. The van der Waals surface area contributed by atoms with E-state index in [2.05, 4.69) is 15.0 Å². The van der Waals surface area contributed by atoms with Gasteiger partial charge < -0.3 is 9.80 Å². The summed E-state index contributed by atoms with van der Waals surface area (Å²) in [7, 11) is 0. The van der Waals surface area contributed by atoms with E-state index in [4.69, 9.17) is 0 Å². The van der Waals surface area contributed by atoms with Crippen molar-refractivity contribution in [3.8, 4) is 0 Å². The summed E-state index contributed by atoms with van der Waals surface area (Å²) in [5, 5.41) is 4.11. The summed E-state index contributed by atoms with van der Waals surface area (Å²) in [5.74, 6) is 0.213. The Bertz CT molecular complexity index is 592. The number of hydrogen-bond donors (Lipinski definition) is 0. The van der Waals surface area contributed by atoms with Crippen LogP contribution in [-0.2, 0) is 16.1 Å². The zero-order chi connectivity index (χ0) is 16.5. The number of piperazine rings is 1. The van der Waals surface area contributed by atoms with Gasteiger partial charge in [-0.25, -0.2) is 4.98 Å². The molecule has 2 saturated heterocycles. The predicted octanol–water partition coefficient (Wildman–Crippen LogP) is -0.567. The average Bonchev–Trinajstić information content (AvgIpc) is 3.16. The first-order chi connectivity index (χ1) is 11.7. The molecule has 4 rings (SSSR count). The fraction of sp³-hybridized carbons (Fsp3) is 0.750. The van der Waals surface area contributed by atoms with Crippen LogP contribution < -0.4 is 0 Å². The van der Waals surface area contributed by atoms with Crippen molar-refractivity contribution < 1.29 is 9.59 Å². The summed E-state index contributed by atoms with van der Waals surface area (Å²) in [5.41, 5.74) is 0. The minimum atomic E-state index is -0.125. The van der Waals surface area contributed by atoms with Crippen LogP contribution in [0.5, 0.6) is 0 Å². The number of carbonyl (C=O) groups is 2. The molecule has 3 fully saturated rings. The molecule has 8 nitrogen and oxygen atoms in total. The topological polar surface area (TPSA) is 74.6 Å². The Morgan fingerprint density at radius 3 is 2.62 bits per heavy atom. The molecule has 8 heteroatoms. The Hall–Kier alpha value is -1.96. The number of aromatic nitrogens is 3. The molecule has 0 bridgehead atoms. The van der Waals surface area contributed by atoms with E-state index in [-0.39, 0.29) is 17.7 Å². The lowest BCUT2D eigenvalue weighted by Gasteiger charge is -2.35. The Morgan fingerprint density at radius 2 is 1.96 bits per heavy atom. The van der Waals surface area contributed by atoms with Crippen molar-refractivity contribution in [3.05, 3.63) is 12.7 Å². The molecule has 2 aliphatic heterocycles. The van der Waals surface area contributed by atoms with Crippen molar-refractivity contribution in [3.63, 3.8) is 0 Å². The van der Waals surface area contributed by atoms with Crippen LogP contribution in [0.1, 0.15) is 19.3 Å². The number of rotatable bonds is 5. The van der Waals surface area contributed by atoms with Crippen molar-refractivity contribution in [2.75, 3.05) is 39.3 Å². The molecule has 1 aromatic heterocycles. The van der Waals surface area contributed by atoms with Gasteiger partial charge in [-0.3, -0.25) is 19.2 Å². The van der Waals surface area contributed by atoms with E-state index in [9.17, 15) is 9.59 Å². The van der Waals surface area contributed by atoms with Gasteiger partial charge in [0.25, 0.3) is 0 Å². The van der Waals surface area contributed by atoms with E-state index < -0.39 is 0 Å². The molecule has 130 valence electrons. The first-order valence-electron chi connectivity index (χ1n) is 8.84. The van der Waals surface area contributed by atoms with Crippen LogP contribution in [0, 0.1) is 5.92 Å². The van der Waals surface area contributed by atoms with E-state index in [1.54, 1.807) is 12.7 Å². The van der Waals surface area contributed by atoms with Crippen molar-refractivity contribution >= 4 is 11.8 Å². The fourth-order valence-corrected chi connectivity index (χ4v) is 3.68. The monoisotopic (exact) mass is 332 g/mol. The second-order valence-corrected chi connectivity index (χ2v) is 7.00. The van der Waals surface area contributed by atoms with Gasteiger partial charge in [0.1, 0.15) is 12.7 Å². The second kappa shape index (κ2) is 6.51. The highest BCUT2D eigenvalue weighted by Gasteiger charge is 2.43. The number of likely N-dealkylation sites (tertiary alicyclic amines) is 1. The molecule has 3 aliphatic rings. The summed E-state index contributed by atoms with van der Waals surface area (Å²) < 4.78 is 1.83. The van der Waals surface area contributed by atoms with E-state index in [0.29, 0.717) is 19.0 Å². The van der Waals surface area contributed by atoms with Crippen molar-refractivity contribution in [2.45, 2.75) is 31.8 Å². The first kappa shape index (κ1) is 15.6. The van der Waals surface area contributed by atoms with Crippen molar-refractivity contribution in [1.82, 2.24) is 29.5 Å². The lowest BCUT2D eigenvalue weighted by atomic mass is 10.1. The van der Waals surface area contributed by atoms with Crippen LogP contribution in [0.15, 0.2) is 12.7 Å². The molecular formula is C16H24N6O2. The van der Waals surface area contributed by atoms with E-state index in [1.165, 1.54) is 0 Å². The van der Waals surface area contributed by atoms with Gasteiger partial charge in [0.2, 0.25) is 11.8 Å². The average molecular weight is 332 g/mol. The van der Waals surface area contributed by atoms with Gasteiger partial charge in [0, 0.05) is 51.7 Å². The van der Waals surface area contributed by atoms with Crippen molar-refractivity contribution in [1.29, 1.82) is 0 Å². The van der Waals surface area contributed by atoms with Gasteiger partial charge in [-0.1, -0.05) is 0 Å². The van der Waals surface area contributed by atoms with Gasteiger partial charge in [0.05, 0.1) is 12.5 Å². The highest BCUT2D eigenvalue weighted by atomic mass is 16.2. The Kier molecular flexibility index (Phi) is 4.22. The zero-order valence-electron chi connectivity index (χ0n) is 13.9. The van der Waals surface area contributed by atoms with E-state index in [1.807, 2.05) is 14.5 Å². The smallest absolute Gasteiger partial charge is 0.228 e. The number of nitrogens with zero attached hydrogens (tertiary/aromatic N) is 6. The molecule has 0 spiro atoms. The molecule has 0 radical (unpaired) electrons. The summed E-state index contributed by atoms with van der Waals surface area (Å²) in [6.07, 6.45) is 5.89. The lowest BCUT2D eigenvalue weighted by Crippen LogP contribution is -2.51. The molecule has 1 aromatic rings. The molecule has 3 heterocycles. The molecule has 1 aliphatic carbocycles. The highest BCUT2D eigenvalue weighted by molar-refractivity contribution is 5.89. The maximum Gasteiger partial charge on any atom is 0.228 e. The molecule has 24 heavy (non-hydrogen) atoms. The van der Waals surface area contributed by atoms with Crippen molar-refractivity contribution in [2.24, 2.45) is 5.92 Å². The van der Waals surface area contributed by atoms with Gasteiger partial charge in [0.15, 0.2) is 0 Å². The van der Waals surface area contributed by atoms with Crippen LogP contribution in [0.25, 0.3) is 0 Å². The number of carbonyl (C=O) groups excluding carboxylic acids is 2. The van der Waals surface area contributed by atoms with E-state index in [0.717, 1.165) is 52.1 Å². The van der Waals surface area contributed by atoms with Crippen LogP contribution in [-0.4, -0.2) is 86.6 Å². The highest BCUT2D eigenvalue weighted by Crippen LogP contribution is 2.33. The third-order valence-corrected chi connectivity index (χ3v) is 5.29. The molecule has 0 N–H and O–H groups in total. The Morgan fingerprint density at radius 1 is 1.17 bits per heavy atom. The standard InChI is InChI=1S/C16H24N6O2/c23-15-9-13(10-22(15)14-1-2-14)16(24)20-6-3-19(4-7-20)5-8-21-12-17-11-18-21/h11-14H,1-10H2. The third kappa shape index (κ3) is 3.28. The van der Waals surface area contributed by atoms with Crippen LogP contribution >= 0.6 is 0 Å².